The molecule has 8 heteroatoms. The first kappa shape index (κ1) is 24.7. The predicted molar refractivity (Wildman–Crippen MR) is 162 cm³/mol. The number of hydrogen-bond donors (Lipinski definition) is 3. The van der Waals surface area contributed by atoms with Gasteiger partial charge in [0, 0.05) is 75.3 Å². The fourth-order valence-corrected chi connectivity index (χ4v) is 6.69. The maximum absolute atomic E-state index is 12.7. The number of carbonyl (C=O) groups is 1. The van der Waals surface area contributed by atoms with Crippen LogP contribution < -0.4 is 10.6 Å². The highest BCUT2D eigenvalue weighted by Crippen LogP contribution is 2.38. The van der Waals surface area contributed by atoms with E-state index < -0.39 is 0 Å². The van der Waals surface area contributed by atoms with Gasteiger partial charge in [-0.15, -0.1) is 11.3 Å². The Balaban J connectivity index is 1.17. The van der Waals surface area contributed by atoms with Crippen LogP contribution in [0.4, 0.5) is 11.5 Å². The fraction of sp³-hybridized carbons (Fsp3) is 0.250. The van der Waals surface area contributed by atoms with Gasteiger partial charge in [-0.1, -0.05) is 31.4 Å². The van der Waals surface area contributed by atoms with Crippen LogP contribution in [0.25, 0.3) is 38.0 Å². The smallest absolute Gasteiger partial charge is 0.224 e. The molecule has 1 saturated carbocycles. The molecule has 7 nitrogen and oxygen atoms in total. The maximum Gasteiger partial charge on any atom is 0.224 e. The Bertz CT molecular complexity index is 1710. The average Bonchev–Trinajstić information content (AvgIpc) is 3.68. The minimum absolute atomic E-state index is 0.0686. The summed E-state index contributed by atoms with van der Waals surface area (Å²) in [5.74, 6) is 1.41. The number of aromatic nitrogens is 4. The van der Waals surface area contributed by atoms with E-state index in [9.17, 15) is 4.79 Å². The molecule has 2 aliphatic rings. The van der Waals surface area contributed by atoms with Gasteiger partial charge in [-0.25, -0.2) is 4.98 Å². The van der Waals surface area contributed by atoms with E-state index in [1.54, 1.807) is 17.5 Å². The van der Waals surface area contributed by atoms with Crippen molar-refractivity contribution in [1.82, 2.24) is 19.9 Å². The van der Waals surface area contributed by atoms with Gasteiger partial charge in [0.1, 0.15) is 5.82 Å². The van der Waals surface area contributed by atoms with Crippen LogP contribution in [0.15, 0.2) is 72.8 Å². The zero-order valence-corrected chi connectivity index (χ0v) is 22.9. The van der Waals surface area contributed by atoms with Crippen molar-refractivity contribution in [2.45, 2.75) is 38.5 Å². The highest BCUT2D eigenvalue weighted by molar-refractivity contribution is 7.13. The lowest BCUT2D eigenvalue weighted by atomic mass is 9.87. The van der Waals surface area contributed by atoms with Crippen molar-refractivity contribution < 1.29 is 4.79 Å². The summed E-state index contributed by atoms with van der Waals surface area (Å²) in [4.78, 5) is 31.2. The third-order valence-electron chi connectivity index (χ3n) is 7.93. The molecule has 0 unspecified atom stereocenters. The van der Waals surface area contributed by atoms with Crippen LogP contribution in [0.1, 0.15) is 49.8 Å². The minimum atomic E-state index is 0.0686. The Morgan fingerprint density at radius 1 is 0.975 bits per heavy atom. The number of fused-ring (bicyclic) bond motifs is 2. The van der Waals surface area contributed by atoms with Crippen molar-refractivity contribution >= 4 is 45.2 Å². The summed E-state index contributed by atoms with van der Waals surface area (Å²) < 4.78 is 0. The second kappa shape index (κ2) is 10.7. The number of anilines is 2. The molecular formula is C32H30N6OS. The normalized spacial score (nSPS) is 15.3. The van der Waals surface area contributed by atoms with Crippen LogP contribution in [-0.4, -0.2) is 32.4 Å². The van der Waals surface area contributed by atoms with Crippen molar-refractivity contribution in [3.63, 3.8) is 0 Å². The number of carbonyl (C=O) groups excluding carboxylic acids is 1. The molecule has 0 radical (unpaired) electrons. The van der Waals surface area contributed by atoms with Crippen molar-refractivity contribution in [3.8, 4) is 21.6 Å². The molecule has 0 atom stereocenters. The number of thiophene rings is 1. The monoisotopic (exact) mass is 546 g/mol. The largest absolute Gasteiger partial charge is 0.366 e. The van der Waals surface area contributed by atoms with E-state index in [0.717, 1.165) is 63.1 Å². The van der Waals surface area contributed by atoms with E-state index in [2.05, 4.69) is 61.3 Å². The number of hydrogen-bond acceptors (Lipinski definition) is 6. The van der Waals surface area contributed by atoms with Gasteiger partial charge in [-0.05, 0) is 48.4 Å². The first-order valence-corrected chi connectivity index (χ1v) is 14.8. The zero-order chi connectivity index (χ0) is 26.9. The molecule has 1 fully saturated rings. The highest BCUT2D eigenvalue weighted by Gasteiger charge is 2.20. The van der Waals surface area contributed by atoms with E-state index in [0.29, 0.717) is 24.6 Å². The summed E-state index contributed by atoms with van der Waals surface area (Å²) in [6.07, 6.45) is 18.0. The number of aromatic amines is 1. The van der Waals surface area contributed by atoms with E-state index >= 15 is 0 Å². The molecule has 1 amide bonds. The Labute approximate surface area is 236 Å². The summed E-state index contributed by atoms with van der Waals surface area (Å²) in [6.45, 7) is 0.699. The minimum Gasteiger partial charge on any atom is -0.366 e. The molecule has 200 valence electrons. The van der Waals surface area contributed by atoms with Crippen molar-refractivity contribution in [2.75, 3.05) is 17.2 Å². The van der Waals surface area contributed by atoms with Crippen molar-refractivity contribution in [2.24, 2.45) is 5.92 Å². The summed E-state index contributed by atoms with van der Waals surface area (Å²) in [7, 11) is 0. The second-order valence-electron chi connectivity index (χ2n) is 10.6. The van der Waals surface area contributed by atoms with Gasteiger partial charge in [-0.3, -0.25) is 14.8 Å². The molecule has 5 aromatic heterocycles. The first-order chi connectivity index (χ1) is 19.7. The molecule has 7 rings (SSSR count). The van der Waals surface area contributed by atoms with Crippen LogP contribution in [0.2, 0.25) is 0 Å². The summed E-state index contributed by atoms with van der Waals surface area (Å²) in [6, 6.07) is 10.5. The quantitative estimate of drug-likeness (QED) is 0.205. The van der Waals surface area contributed by atoms with E-state index in [-0.39, 0.29) is 5.91 Å². The van der Waals surface area contributed by atoms with Gasteiger partial charge in [0.05, 0.1) is 23.6 Å². The van der Waals surface area contributed by atoms with Crippen LogP contribution >= 0.6 is 11.3 Å². The predicted octanol–water partition coefficient (Wildman–Crippen LogP) is 7.51. The van der Waals surface area contributed by atoms with Crippen LogP contribution in [-0.2, 0) is 4.79 Å². The lowest BCUT2D eigenvalue weighted by molar-refractivity contribution is -0.117. The molecular weight excluding hydrogens is 516 g/mol. The van der Waals surface area contributed by atoms with Gasteiger partial charge in [0.15, 0.2) is 0 Å². The van der Waals surface area contributed by atoms with Crippen molar-refractivity contribution in [1.29, 1.82) is 0 Å². The van der Waals surface area contributed by atoms with E-state index in [1.807, 2.05) is 30.9 Å². The van der Waals surface area contributed by atoms with Crippen LogP contribution in [0, 0.1) is 5.92 Å². The van der Waals surface area contributed by atoms with Gasteiger partial charge >= 0.3 is 0 Å². The van der Waals surface area contributed by atoms with Crippen LogP contribution in [0.5, 0.6) is 0 Å². The van der Waals surface area contributed by atoms with Crippen molar-refractivity contribution in [3.05, 3.63) is 84.0 Å². The third-order valence-corrected chi connectivity index (χ3v) is 8.83. The Kier molecular flexibility index (Phi) is 6.61. The SMILES string of the molecule is O=C(CC1CCCCC1)Nc1cncc(-c2cnc3c(c2)C(c2cc4c(-c5cccs5)cncc4[nH]2)=CCN3)c1. The number of amides is 1. The Morgan fingerprint density at radius 2 is 1.85 bits per heavy atom. The molecule has 0 spiro atoms. The molecule has 0 aromatic carbocycles. The molecule has 5 aromatic rings. The number of pyridine rings is 3. The fourth-order valence-electron chi connectivity index (χ4n) is 5.94. The third kappa shape index (κ3) is 4.91. The standard InChI is InChI=1S/C32H30N6OS/c39-31(11-20-5-2-1-3-6-20)37-23-12-21(15-33-17-23)22-13-26-24(8-9-35-32(26)36-16-22)28-14-25-27(30-7-4-10-40-30)18-34-19-29(25)38-28/h4,7-8,10,12-20,38H,1-3,5-6,9,11H2,(H,35,36)(H,37,39). The lowest BCUT2D eigenvalue weighted by Crippen LogP contribution is -2.18. The number of rotatable bonds is 6. The molecule has 3 N–H and O–H groups in total. The Morgan fingerprint density at radius 3 is 2.73 bits per heavy atom. The summed E-state index contributed by atoms with van der Waals surface area (Å²) in [5.41, 5.74) is 7.86. The number of H-pyrrole nitrogens is 1. The summed E-state index contributed by atoms with van der Waals surface area (Å²) in [5, 5.41) is 9.71. The molecule has 1 aliphatic carbocycles. The molecule has 0 bridgehead atoms. The van der Waals surface area contributed by atoms with E-state index in [4.69, 9.17) is 4.98 Å². The average molecular weight is 547 g/mol. The molecule has 6 heterocycles. The lowest BCUT2D eigenvalue weighted by Gasteiger charge is -2.21. The van der Waals surface area contributed by atoms with E-state index in [1.165, 1.54) is 24.1 Å². The topological polar surface area (TPSA) is 95.6 Å². The number of nitrogens with zero attached hydrogens (tertiary/aromatic N) is 3. The van der Waals surface area contributed by atoms with Gasteiger partial charge in [0.2, 0.25) is 5.91 Å². The van der Waals surface area contributed by atoms with Gasteiger partial charge in [0.25, 0.3) is 0 Å². The highest BCUT2D eigenvalue weighted by atomic mass is 32.1. The van der Waals surface area contributed by atoms with Crippen LogP contribution in [0.3, 0.4) is 0 Å². The number of nitrogens with one attached hydrogen (secondary N) is 3. The first-order valence-electron chi connectivity index (χ1n) is 13.9. The molecule has 40 heavy (non-hydrogen) atoms. The second-order valence-corrected chi connectivity index (χ2v) is 11.6. The molecule has 0 saturated heterocycles. The van der Waals surface area contributed by atoms with Gasteiger partial charge in [-0.2, -0.15) is 0 Å². The summed E-state index contributed by atoms with van der Waals surface area (Å²) >= 11 is 1.72. The zero-order valence-electron chi connectivity index (χ0n) is 22.1. The maximum atomic E-state index is 12.7. The molecule has 1 aliphatic heterocycles. The Hall–Kier alpha value is -4.30. The van der Waals surface area contributed by atoms with Gasteiger partial charge < -0.3 is 15.6 Å².